The Morgan fingerprint density at radius 3 is 1.12 bits per heavy atom. The second kappa shape index (κ2) is 40.1. The van der Waals surface area contributed by atoms with Gasteiger partial charge in [-0.3, -0.25) is 9.59 Å². The fourth-order valence-electron chi connectivity index (χ4n) is 6.31. The Morgan fingerprint density at radius 1 is 0.458 bits per heavy atom. The van der Waals surface area contributed by atoms with Crippen molar-refractivity contribution in [2.75, 3.05) is 13.2 Å². The number of hydrogen-bond donors (Lipinski definition) is 1. The smallest absolute Gasteiger partial charge is 0.306 e. The molecule has 0 aromatic rings. The highest BCUT2D eigenvalue weighted by Gasteiger charge is 2.16. The van der Waals surface area contributed by atoms with Gasteiger partial charge in [0.2, 0.25) is 0 Å². The lowest BCUT2D eigenvalue weighted by molar-refractivity contribution is -0.161. The third-order valence-corrected chi connectivity index (χ3v) is 9.56. The van der Waals surface area contributed by atoms with Crippen molar-refractivity contribution in [2.24, 2.45) is 0 Å². The fourth-order valence-corrected chi connectivity index (χ4v) is 6.31. The molecule has 5 heteroatoms. The van der Waals surface area contributed by atoms with Gasteiger partial charge in [-0.1, -0.05) is 193 Å². The SMILES string of the molecule is CCCCCCC/C=C/CCCCCCCC(=O)O[C@@H](CO)COC(=O)CCCCCCCCCCCCCCCCCCCCCC. The minimum atomic E-state index is -0.769. The molecule has 0 saturated carbocycles. The van der Waals surface area contributed by atoms with Crippen LogP contribution in [0.3, 0.4) is 0 Å². The Bertz CT molecular complexity index is 691. The van der Waals surface area contributed by atoms with Crippen LogP contribution in [0, 0.1) is 0 Å². The van der Waals surface area contributed by atoms with Crippen LogP contribution in [-0.4, -0.2) is 36.4 Å². The van der Waals surface area contributed by atoms with Gasteiger partial charge in [0.15, 0.2) is 6.10 Å². The van der Waals surface area contributed by atoms with Crippen LogP contribution in [0.4, 0.5) is 0 Å². The quantitative estimate of drug-likeness (QED) is 0.0398. The van der Waals surface area contributed by atoms with E-state index in [1.807, 2.05) is 0 Å². The van der Waals surface area contributed by atoms with Gasteiger partial charge in [0.25, 0.3) is 0 Å². The molecule has 284 valence electrons. The van der Waals surface area contributed by atoms with E-state index in [1.165, 1.54) is 167 Å². The summed E-state index contributed by atoms with van der Waals surface area (Å²) in [5.74, 6) is -0.588. The van der Waals surface area contributed by atoms with Crippen molar-refractivity contribution >= 4 is 11.9 Å². The molecule has 0 aliphatic carbocycles. The molecule has 0 aromatic heterocycles. The molecule has 0 spiro atoms. The van der Waals surface area contributed by atoms with E-state index in [4.69, 9.17) is 9.47 Å². The van der Waals surface area contributed by atoms with E-state index >= 15 is 0 Å². The number of aliphatic hydroxyl groups is 1. The molecule has 0 unspecified atom stereocenters. The average Bonchev–Trinajstić information content (AvgIpc) is 3.09. The molecule has 0 aliphatic rings. The maximum absolute atomic E-state index is 12.2. The summed E-state index contributed by atoms with van der Waals surface area (Å²) >= 11 is 0. The number of carbonyl (C=O) groups is 2. The number of esters is 2. The molecule has 0 amide bonds. The second-order valence-electron chi connectivity index (χ2n) is 14.4. The molecule has 0 aromatic carbocycles. The first-order valence-electron chi connectivity index (χ1n) is 21.2. The van der Waals surface area contributed by atoms with E-state index in [1.54, 1.807) is 0 Å². The monoisotopic (exact) mass is 679 g/mol. The molecule has 1 N–H and O–H groups in total. The molecule has 0 saturated heterocycles. The van der Waals surface area contributed by atoms with E-state index < -0.39 is 6.10 Å². The summed E-state index contributed by atoms with van der Waals surface area (Å²) in [4.78, 5) is 24.3. The maximum atomic E-state index is 12.2. The molecular weight excluding hydrogens is 596 g/mol. The summed E-state index contributed by atoms with van der Waals surface area (Å²) in [6, 6.07) is 0. The van der Waals surface area contributed by atoms with E-state index in [0.29, 0.717) is 12.8 Å². The summed E-state index contributed by atoms with van der Waals surface area (Å²) in [6.07, 6.45) is 45.7. The predicted molar refractivity (Wildman–Crippen MR) is 205 cm³/mol. The number of hydrogen-bond acceptors (Lipinski definition) is 5. The van der Waals surface area contributed by atoms with E-state index in [0.717, 1.165) is 38.5 Å². The summed E-state index contributed by atoms with van der Waals surface area (Å²) < 4.78 is 10.6. The van der Waals surface area contributed by atoms with Gasteiger partial charge in [0, 0.05) is 12.8 Å². The van der Waals surface area contributed by atoms with E-state index in [2.05, 4.69) is 26.0 Å². The number of rotatable bonds is 39. The molecule has 48 heavy (non-hydrogen) atoms. The van der Waals surface area contributed by atoms with Crippen molar-refractivity contribution in [3.8, 4) is 0 Å². The van der Waals surface area contributed by atoms with Crippen LogP contribution < -0.4 is 0 Å². The van der Waals surface area contributed by atoms with Crippen LogP contribution in [0.15, 0.2) is 12.2 Å². The zero-order valence-electron chi connectivity index (χ0n) is 32.3. The van der Waals surface area contributed by atoms with Crippen LogP contribution in [0.1, 0.15) is 232 Å². The molecule has 0 aliphatic heterocycles. The van der Waals surface area contributed by atoms with E-state index in [9.17, 15) is 14.7 Å². The van der Waals surface area contributed by atoms with Gasteiger partial charge < -0.3 is 14.6 Å². The van der Waals surface area contributed by atoms with Crippen molar-refractivity contribution in [2.45, 2.75) is 238 Å². The van der Waals surface area contributed by atoms with Gasteiger partial charge in [-0.15, -0.1) is 0 Å². The van der Waals surface area contributed by atoms with Crippen molar-refractivity contribution in [3.05, 3.63) is 12.2 Å². The normalized spacial score (nSPS) is 12.1. The number of unbranched alkanes of at least 4 members (excludes halogenated alkanes) is 29. The summed E-state index contributed by atoms with van der Waals surface area (Å²) in [5.41, 5.74) is 0. The zero-order chi connectivity index (χ0) is 35.0. The molecule has 1 atom stereocenters. The number of allylic oxidation sites excluding steroid dienone is 2. The Hall–Kier alpha value is -1.36. The Balaban J connectivity index is 3.48. The van der Waals surface area contributed by atoms with Gasteiger partial charge in [0.1, 0.15) is 6.61 Å². The minimum absolute atomic E-state index is 0.0630. The third kappa shape index (κ3) is 37.5. The number of aliphatic hydroxyl groups excluding tert-OH is 1. The largest absolute Gasteiger partial charge is 0.462 e. The Morgan fingerprint density at radius 2 is 0.771 bits per heavy atom. The van der Waals surface area contributed by atoms with Crippen molar-refractivity contribution < 1.29 is 24.2 Å². The van der Waals surface area contributed by atoms with Crippen LogP contribution >= 0.6 is 0 Å². The van der Waals surface area contributed by atoms with Crippen LogP contribution in [0.5, 0.6) is 0 Å². The summed E-state index contributed by atoms with van der Waals surface area (Å²) in [7, 11) is 0. The molecular formula is C43H82O5. The Kier molecular flexibility index (Phi) is 38.9. The second-order valence-corrected chi connectivity index (χ2v) is 14.4. The first-order chi connectivity index (χ1) is 23.6. The number of carbonyl (C=O) groups excluding carboxylic acids is 2. The van der Waals surface area contributed by atoms with E-state index in [-0.39, 0.29) is 25.2 Å². The predicted octanol–water partition coefficient (Wildman–Crippen LogP) is 13.3. The van der Waals surface area contributed by atoms with Crippen molar-refractivity contribution in [1.29, 1.82) is 0 Å². The van der Waals surface area contributed by atoms with Crippen LogP contribution in [0.2, 0.25) is 0 Å². The fraction of sp³-hybridized carbons (Fsp3) is 0.907. The average molecular weight is 679 g/mol. The molecule has 0 fully saturated rings. The minimum Gasteiger partial charge on any atom is -0.462 e. The number of ether oxygens (including phenoxy) is 2. The van der Waals surface area contributed by atoms with Gasteiger partial charge in [-0.2, -0.15) is 0 Å². The third-order valence-electron chi connectivity index (χ3n) is 9.56. The topological polar surface area (TPSA) is 72.8 Å². The molecule has 0 heterocycles. The highest BCUT2D eigenvalue weighted by molar-refractivity contribution is 5.70. The lowest BCUT2D eigenvalue weighted by Crippen LogP contribution is -2.28. The van der Waals surface area contributed by atoms with Gasteiger partial charge >= 0.3 is 11.9 Å². The first-order valence-corrected chi connectivity index (χ1v) is 21.2. The standard InChI is InChI=1S/C43H82O5/c1-3-5-7-9-11-13-15-17-19-20-21-22-23-24-26-27-29-31-33-35-37-42(45)47-40-41(39-44)48-43(46)38-36-34-32-30-28-25-18-16-14-12-10-8-6-4-2/h16,18,41,44H,3-15,17,19-40H2,1-2H3/b18-16+/t41-/m0/s1. The van der Waals surface area contributed by atoms with Gasteiger partial charge in [0.05, 0.1) is 6.61 Å². The highest BCUT2D eigenvalue weighted by atomic mass is 16.6. The summed E-state index contributed by atoms with van der Waals surface area (Å²) in [6.45, 7) is 4.15. The molecule has 5 nitrogen and oxygen atoms in total. The maximum Gasteiger partial charge on any atom is 0.306 e. The van der Waals surface area contributed by atoms with Crippen LogP contribution in [-0.2, 0) is 19.1 Å². The lowest BCUT2D eigenvalue weighted by Gasteiger charge is -2.15. The van der Waals surface area contributed by atoms with Gasteiger partial charge in [-0.05, 0) is 38.5 Å². The first kappa shape index (κ1) is 46.6. The molecule has 0 bridgehead atoms. The van der Waals surface area contributed by atoms with Crippen molar-refractivity contribution in [3.63, 3.8) is 0 Å². The highest BCUT2D eigenvalue weighted by Crippen LogP contribution is 2.16. The Labute approximate surface area is 299 Å². The lowest BCUT2D eigenvalue weighted by atomic mass is 10.0. The summed E-state index contributed by atoms with van der Waals surface area (Å²) in [5, 5.41) is 9.56. The zero-order valence-corrected chi connectivity index (χ0v) is 32.3. The molecule has 0 radical (unpaired) electrons. The van der Waals surface area contributed by atoms with Gasteiger partial charge in [-0.25, -0.2) is 0 Å². The molecule has 0 rings (SSSR count). The van der Waals surface area contributed by atoms with Crippen molar-refractivity contribution in [1.82, 2.24) is 0 Å². The van der Waals surface area contributed by atoms with Crippen LogP contribution in [0.25, 0.3) is 0 Å².